The van der Waals surface area contributed by atoms with Gasteiger partial charge < -0.3 is 10.2 Å². The van der Waals surface area contributed by atoms with Gasteiger partial charge in [-0.2, -0.15) is 18.3 Å². The Hall–Kier alpha value is -2.73. The van der Waals surface area contributed by atoms with E-state index in [0.717, 1.165) is 16.3 Å². The van der Waals surface area contributed by atoms with Crippen LogP contribution < -0.4 is 5.14 Å². The highest BCUT2D eigenvalue weighted by atomic mass is 32.2. The summed E-state index contributed by atoms with van der Waals surface area (Å²) in [5, 5.41) is 28.1. The highest BCUT2D eigenvalue weighted by Crippen LogP contribution is 2.35. The van der Waals surface area contributed by atoms with Crippen LogP contribution >= 0.6 is 0 Å². The molecule has 0 saturated heterocycles. The molecule has 3 aromatic rings. The Morgan fingerprint density at radius 3 is 2.12 bits per heavy atom. The van der Waals surface area contributed by atoms with Crippen LogP contribution in [0, 0.1) is 6.92 Å². The van der Waals surface area contributed by atoms with Crippen molar-refractivity contribution in [3.8, 4) is 16.9 Å². The molecule has 1 heterocycles. The Morgan fingerprint density at radius 2 is 1.59 bits per heavy atom. The van der Waals surface area contributed by atoms with Crippen LogP contribution in [0.25, 0.3) is 16.9 Å². The quantitative estimate of drug-likeness (QED) is 0.492. The molecule has 0 atom stereocenters. The largest absolute Gasteiger partial charge is 0.435 e. The molecule has 0 saturated carbocycles. The Labute approximate surface area is 183 Å². The zero-order valence-electron chi connectivity index (χ0n) is 17.1. The molecule has 0 amide bonds. The van der Waals surface area contributed by atoms with Crippen molar-refractivity contribution in [2.45, 2.75) is 30.8 Å². The maximum absolute atomic E-state index is 13.5. The predicted molar refractivity (Wildman–Crippen MR) is 112 cm³/mol. The van der Waals surface area contributed by atoms with Crippen molar-refractivity contribution >= 4 is 10.0 Å². The zero-order valence-corrected chi connectivity index (χ0v) is 17.9. The third-order valence-electron chi connectivity index (χ3n) is 4.97. The predicted octanol–water partition coefficient (Wildman–Crippen LogP) is 2.58. The second-order valence-corrected chi connectivity index (χ2v) is 8.75. The van der Waals surface area contributed by atoms with Crippen LogP contribution in [-0.2, 0) is 29.0 Å². The van der Waals surface area contributed by atoms with Gasteiger partial charge in [-0.05, 0) is 49.1 Å². The van der Waals surface area contributed by atoms with Gasteiger partial charge in [0.15, 0.2) is 5.69 Å². The maximum atomic E-state index is 13.5. The minimum absolute atomic E-state index is 0.0808. The van der Waals surface area contributed by atoms with E-state index in [1.807, 2.05) is 6.92 Å². The van der Waals surface area contributed by atoms with Crippen LogP contribution in [0.1, 0.15) is 22.4 Å². The number of rotatable bonds is 7. The number of sulfonamides is 1. The van der Waals surface area contributed by atoms with Gasteiger partial charge >= 0.3 is 6.18 Å². The fraction of sp³-hybridized carbons (Fsp3) is 0.286. The summed E-state index contributed by atoms with van der Waals surface area (Å²) < 4.78 is 65.7. The lowest BCUT2D eigenvalue weighted by Gasteiger charge is -2.19. The summed E-state index contributed by atoms with van der Waals surface area (Å²) in [7, 11) is -4.18. The molecule has 0 aliphatic rings. The summed E-state index contributed by atoms with van der Waals surface area (Å²) in [6, 6.07) is 10.2. The molecule has 0 spiro atoms. The Balaban J connectivity index is 2.36. The van der Waals surface area contributed by atoms with Crippen molar-refractivity contribution in [1.29, 1.82) is 0 Å². The fourth-order valence-electron chi connectivity index (χ4n) is 3.53. The van der Waals surface area contributed by atoms with Crippen molar-refractivity contribution in [2.75, 3.05) is 13.2 Å². The van der Waals surface area contributed by atoms with Crippen molar-refractivity contribution in [2.24, 2.45) is 5.14 Å². The monoisotopic (exact) mass is 469 g/mol. The van der Waals surface area contributed by atoms with Crippen LogP contribution in [0.2, 0.25) is 0 Å². The number of hydrogen-bond acceptors (Lipinski definition) is 5. The lowest BCUT2D eigenvalue weighted by Crippen LogP contribution is -2.19. The number of aryl methyl sites for hydroxylation is 1. The molecule has 172 valence electrons. The van der Waals surface area contributed by atoms with Gasteiger partial charge in [0.05, 0.1) is 16.3 Å². The van der Waals surface area contributed by atoms with Crippen molar-refractivity contribution in [3.63, 3.8) is 0 Å². The van der Waals surface area contributed by atoms with Crippen LogP contribution in [-0.4, -0.2) is 41.6 Å². The Kier molecular flexibility index (Phi) is 6.75. The number of benzene rings is 2. The topological polar surface area (TPSA) is 118 Å². The molecule has 4 N–H and O–H groups in total. The summed E-state index contributed by atoms with van der Waals surface area (Å²) in [5.41, 5.74) is 0.907. The van der Waals surface area contributed by atoms with E-state index in [0.29, 0.717) is 5.56 Å². The molecule has 0 fully saturated rings. The SMILES string of the molecule is Cc1ccc(-c2cc(C(F)(F)F)nn2-c2ccc(S(N)(=O)=O)c(CCO)c2CCO)cc1. The summed E-state index contributed by atoms with van der Waals surface area (Å²) in [6.07, 6.45) is -4.92. The number of halogens is 3. The first-order valence-electron chi connectivity index (χ1n) is 9.61. The molecule has 1 aromatic heterocycles. The third-order valence-corrected chi connectivity index (χ3v) is 5.96. The highest BCUT2D eigenvalue weighted by molar-refractivity contribution is 7.89. The maximum Gasteiger partial charge on any atom is 0.435 e. The Morgan fingerprint density at radius 1 is 1.00 bits per heavy atom. The van der Waals surface area contributed by atoms with Gasteiger partial charge in [-0.25, -0.2) is 18.2 Å². The lowest BCUT2D eigenvalue weighted by molar-refractivity contribution is -0.141. The zero-order chi connectivity index (χ0) is 23.7. The molecule has 0 unspecified atom stereocenters. The van der Waals surface area contributed by atoms with Crippen LogP contribution in [0.5, 0.6) is 0 Å². The molecule has 3 rings (SSSR count). The van der Waals surface area contributed by atoms with Gasteiger partial charge in [-0.1, -0.05) is 29.8 Å². The minimum atomic E-state index is -4.71. The number of aromatic nitrogens is 2. The number of aliphatic hydroxyl groups excluding tert-OH is 2. The number of hydrogen-bond donors (Lipinski definition) is 3. The second-order valence-electron chi connectivity index (χ2n) is 7.22. The molecule has 2 aromatic carbocycles. The van der Waals surface area contributed by atoms with Gasteiger partial charge in [0.25, 0.3) is 0 Å². The molecule has 0 aliphatic carbocycles. The van der Waals surface area contributed by atoms with Crippen LogP contribution in [0.3, 0.4) is 0 Å². The molecule has 32 heavy (non-hydrogen) atoms. The molecule has 0 aliphatic heterocycles. The first kappa shape index (κ1) is 23.9. The number of nitrogens with zero attached hydrogens (tertiary/aromatic N) is 2. The van der Waals surface area contributed by atoms with Crippen LogP contribution in [0.15, 0.2) is 47.4 Å². The average Bonchev–Trinajstić information content (AvgIpc) is 3.15. The normalized spacial score (nSPS) is 12.3. The van der Waals surface area contributed by atoms with Gasteiger partial charge in [0, 0.05) is 18.8 Å². The van der Waals surface area contributed by atoms with Gasteiger partial charge in [0.2, 0.25) is 10.0 Å². The second kappa shape index (κ2) is 9.02. The molecular formula is C21H22F3N3O4S. The fourth-order valence-corrected chi connectivity index (χ4v) is 4.36. The smallest absolute Gasteiger partial charge is 0.396 e. The van der Waals surface area contributed by atoms with Gasteiger partial charge in [0.1, 0.15) is 0 Å². The van der Waals surface area contributed by atoms with E-state index in [4.69, 9.17) is 5.14 Å². The van der Waals surface area contributed by atoms with E-state index in [-0.39, 0.29) is 40.2 Å². The molecule has 0 radical (unpaired) electrons. The van der Waals surface area contributed by atoms with Crippen LogP contribution in [0.4, 0.5) is 13.2 Å². The van der Waals surface area contributed by atoms with Gasteiger partial charge in [-0.3, -0.25) is 0 Å². The highest BCUT2D eigenvalue weighted by Gasteiger charge is 2.36. The number of nitrogens with two attached hydrogens (primary N) is 1. The van der Waals surface area contributed by atoms with E-state index in [9.17, 15) is 31.8 Å². The van der Waals surface area contributed by atoms with Crippen molar-refractivity contribution in [1.82, 2.24) is 9.78 Å². The lowest BCUT2D eigenvalue weighted by atomic mass is 9.99. The molecule has 0 bridgehead atoms. The summed E-state index contributed by atoms with van der Waals surface area (Å²) in [4.78, 5) is -0.265. The Bertz CT molecular complexity index is 1220. The number of alkyl halides is 3. The summed E-state index contributed by atoms with van der Waals surface area (Å²) >= 11 is 0. The third kappa shape index (κ3) is 4.85. The van der Waals surface area contributed by atoms with E-state index < -0.39 is 35.1 Å². The first-order valence-corrected chi connectivity index (χ1v) is 11.2. The molecule has 7 nitrogen and oxygen atoms in total. The van der Waals surface area contributed by atoms with Crippen molar-refractivity contribution in [3.05, 3.63) is 64.8 Å². The number of aliphatic hydroxyl groups is 2. The first-order chi connectivity index (χ1) is 15.0. The average molecular weight is 469 g/mol. The van der Waals surface area contributed by atoms with Gasteiger partial charge in [-0.15, -0.1) is 0 Å². The van der Waals surface area contributed by atoms with E-state index in [2.05, 4.69) is 5.10 Å². The molecule has 11 heteroatoms. The van der Waals surface area contributed by atoms with E-state index >= 15 is 0 Å². The van der Waals surface area contributed by atoms with E-state index in [1.165, 1.54) is 12.1 Å². The number of primary sulfonamides is 1. The standard InChI is InChI=1S/C21H22F3N3O4S/c1-13-2-4-14(5-3-13)18-12-20(21(22,23)24)26-27(18)17-6-7-19(32(25,30)31)16(9-11-29)15(17)8-10-28/h2-7,12,28-29H,8-11H2,1H3,(H2,25,30,31). The summed E-state index contributed by atoms with van der Waals surface area (Å²) in [6.45, 7) is 1.00. The minimum Gasteiger partial charge on any atom is -0.396 e. The summed E-state index contributed by atoms with van der Waals surface area (Å²) in [5.74, 6) is 0. The molecular weight excluding hydrogens is 447 g/mol. The van der Waals surface area contributed by atoms with E-state index in [1.54, 1.807) is 24.3 Å². The van der Waals surface area contributed by atoms with Crippen molar-refractivity contribution < 1.29 is 31.8 Å².